The summed E-state index contributed by atoms with van der Waals surface area (Å²) in [5, 5.41) is 0. The molecule has 1 atom stereocenters. The normalized spacial score (nSPS) is 12.2. The summed E-state index contributed by atoms with van der Waals surface area (Å²) in [4.78, 5) is 0. The maximum absolute atomic E-state index is 5.68. The summed E-state index contributed by atoms with van der Waals surface area (Å²) in [6.45, 7) is 2.01. The Morgan fingerprint density at radius 2 is 2.17 bits per heavy atom. The van der Waals surface area contributed by atoms with E-state index in [1.807, 2.05) is 25.1 Å². The van der Waals surface area contributed by atoms with Gasteiger partial charge in [-0.1, -0.05) is 27.9 Å². The quantitative estimate of drug-likeness (QED) is 0.728. The highest BCUT2D eigenvalue weighted by molar-refractivity contribution is 9.10. The van der Waals surface area contributed by atoms with Gasteiger partial charge in [-0.25, -0.2) is 0 Å². The van der Waals surface area contributed by atoms with Crippen LogP contribution in [-0.4, -0.2) is 0 Å². The molecule has 1 aromatic rings. The van der Waals surface area contributed by atoms with Crippen molar-refractivity contribution < 1.29 is 0 Å². The van der Waals surface area contributed by atoms with Gasteiger partial charge in [-0.15, -0.1) is 6.42 Å². The molecule has 0 fully saturated rings. The van der Waals surface area contributed by atoms with E-state index in [0.717, 1.165) is 15.6 Å². The molecule has 1 rings (SSSR count). The lowest BCUT2D eigenvalue weighted by atomic mass is 10.1. The molecule has 0 amide bonds. The van der Waals surface area contributed by atoms with Crippen molar-refractivity contribution in [2.75, 3.05) is 0 Å². The highest BCUT2D eigenvalue weighted by Crippen LogP contribution is 2.18. The van der Waals surface area contributed by atoms with Gasteiger partial charge in [0, 0.05) is 4.47 Å². The zero-order chi connectivity index (χ0) is 9.14. The molecule has 2 heteroatoms. The molecule has 0 spiro atoms. The molecule has 0 radical (unpaired) electrons. The lowest BCUT2D eigenvalue weighted by molar-refractivity contribution is 0.942. The minimum atomic E-state index is -0.304. The minimum absolute atomic E-state index is 0.304. The molecule has 1 nitrogen and oxygen atoms in total. The van der Waals surface area contributed by atoms with Crippen molar-refractivity contribution in [2.24, 2.45) is 5.73 Å². The van der Waals surface area contributed by atoms with E-state index in [0.29, 0.717) is 0 Å². The topological polar surface area (TPSA) is 26.0 Å². The average Bonchev–Trinajstić information content (AvgIpc) is 2.01. The summed E-state index contributed by atoms with van der Waals surface area (Å²) < 4.78 is 1.02. The van der Waals surface area contributed by atoms with E-state index in [2.05, 4.69) is 21.9 Å². The van der Waals surface area contributed by atoms with Crippen molar-refractivity contribution in [3.63, 3.8) is 0 Å². The molecule has 0 aromatic heterocycles. The smallest absolute Gasteiger partial charge is 0.0918 e. The molecule has 0 saturated carbocycles. The Labute approximate surface area is 81.1 Å². The fourth-order valence-electron chi connectivity index (χ4n) is 1.04. The van der Waals surface area contributed by atoms with Gasteiger partial charge >= 0.3 is 0 Å². The third-order valence-corrected chi connectivity index (χ3v) is 2.06. The maximum Gasteiger partial charge on any atom is 0.0918 e. The largest absolute Gasteiger partial charge is 0.314 e. The zero-order valence-corrected chi connectivity index (χ0v) is 8.43. The number of aryl methyl sites for hydroxylation is 1. The Balaban J connectivity index is 3.10. The summed E-state index contributed by atoms with van der Waals surface area (Å²) in [6, 6.07) is 5.65. The first-order valence-electron chi connectivity index (χ1n) is 3.62. The van der Waals surface area contributed by atoms with Gasteiger partial charge in [0.2, 0.25) is 0 Å². The van der Waals surface area contributed by atoms with Gasteiger partial charge in [0.1, 0.15) is 0 Å². The predicted octanol–water partition coefficient (Wildman–Crippen LogP) is 2.39. The van der Waals surface area contributed by atoms with Crippen molar-refractivity contribution in [3.05, 3.63) is 33.8 Å². The first-order valence-corrected chi connectivity index (χ1v) is 4.41. The highest BCUT2D eigenvalue weighted by Gasteiger charge is 2.02. The van der Waals surface area contributed by atoms with Gasteiger partial charge in [0.25, 0.3) is 0 Å². The van der Waals surface area contributed by atoms with E-state index in [9.17, 15) is 0 Å². The molecule has 0 saturated heterocycles. The summed E-state index contributed by atoms with van der Waals surface area (Å²) >= 11 is 3.39. The minimum Gasteiger partial charge on any atom is -0.314 e. The standard InChI is InChI=1S/C10H10BrN/c1-3-10(12)8-4-7(2)5-9(11)6-8/h1,4-6,10H,12H2,2H3. The van der Waals surface area contributed by atoms with Crippen LogP contribution in [0, 0.1) is 19.3 Å². The van der Waals surface area contributed by atoms with Crippen molar-refractivity contribution in [2.45, 2.75) is 13.0 Å². The maximum atomic E-state index is 5.68. The first kappa shape index (κ1) is 9.31. The van der Waals surface area contributed by atoms with Crippen LogP contribution in [0.15, 0.2) is 22.7 Å². The summed E-state index contributed by atoms with van der Waals surface area (Å²) in [5.41, 5.74) is 7.81. The number of rotatable bonds is 1. The molecule has 0 heterocycles. The summed E-state index contributed by atoms with van der Waals surface area (Å²) in [7, 11) is 0. The van der Waals surface area contributed by atoms with E-state index in [4.69, 9.17) is 12.2 Å². The van der Waals surface area contributed by atoms with Crippen LogP contribution in [0.3, 0.4) is 0 Å². The van der Waals surface area contributed by atoms with Crippen molar-refractivity contribution in [3.8, 4) is 12.3 Å². The van der Waals surface area contributed by atoms with Crippen molar-refractivity contribution in [1.29, 1.82) is 0 Å². The van der Waals surface area contributed by atoms with Gasteiger partial charge in [0.05, 0.1) is 6.04 Å². The molecule has 2 N–H and O–H groups in total. The Hall–Kier alpha value is -0.780. The Morgan fingerprint density at radius 1 is 1.50 bits per heavy atom. The number of nitrogens with two attached hydrogens (primary N) is 1. The number of halogens is 1. The van der Waals surface area contributed by atoms with Gasteiger partial charge in [-0.05, 0) is 30.2 Å². The molecule has 62 valence electrons. The highest BCUT2D eigenvalue weighted by atomic mass is 79.9. The molecule has 1 aromatic carbocycles. The van der Waals surface area contributed by atoms with Gasteiger partial charge in [-0.2, -0.15) is 0 Å². The monoisotopic (exact) mass is 223 g/mol. The van der Waals surface area contributed by atoms with Gasteiger partial charge in [0.15, 0.2) is 0 Å². The average molecular weight is 224 g/mol. The second-order valence-electron chi connectivity index (χ2n) is 2.71. The summed E-state index contributed by atoms with van der Waals surface area (Å²) in [5.74, 6) is 2.49. The lowest BCUT2D eigenvalue weighted by Crippen LogP contribution is -2.07. The van der Waals surface area contributed by atoms with Crippen LogP contribution in [0.25, 0.3) is 0 Å². The number of hydrogen-bond donors (Lipinski definition) is 1. The molecule has 0 bridgehead atoms. The van der Waals surface area contributed by atoms with E-state index >= 15 is 0 Å². The van der Waals surface area contributed by atoms with E-state index in [1.165, 1.54) is 0 Å². The van der Waals surface area contributed by atoms with Crippen LogP contribution in [-0.2, 0) is 0 Å². The second kappa shape index (κ2) is 3.75. The lowest BCUT2D eigenvalue weighted by Gasteiger charge is -2.06. The third-order valence-electron chi connectivity index (χ3n) is 1.60. The van der Waals surface area contributed by atoms with Crippen LogP contribution < -0.4 is 5.73 Å². The molecular weight excluding hydrogens is 214 g/mol. The fourth-order valence-corrected chi connectivity index (χ4v) is 1.67. The Morgan fingerprint density at radius 3 is 2.67 bits per heavy atom. The van der Waals surface area contributed by atoms with E-state index in [-0.39, 0.29) is 6.04 Å². The van der Waals surface area contributed by atoms with Crippen LogP contribution in [0.1, 0.15) is 17.2 Å². The predicted molar refractivity (Wildman–Crippen MR) is 54.6 cm³/mol. The Kier molecular flexibility index (Phi) is 2.91. The number of benzene rings is 1. The molecule has 0 aliphatic rings. The SMILES string of the molecule is C#CC(N)c1cc(C)cc(Br)c1. The van der Waals surface area contributed by atoms with E-state index in [1.54, 1.807) is 0 Å². The van der Waals surface area contributed by atoms with E-state index < -0.39 is 0 Å². The van der Waals surface area contributed by atoms with Crippen molar-refractivity contribution in [1.82, 2.24) is 0 Å². The van der Waals surface area contributed by atoms with Crippen LogP contribution in [0.4, 0.5) is 0 Å². The summed E-state index contributed by atoms with van der Waals surface area (Å²) in [6.07, 6.45) is 5.21. The molecule has 1 unspecified atom stereocenters. The number of hydrogen-bond acceptors (Lipinski definition) is 1. The van der Waals surface area contributed by atoms with Crippen LogP contribution >= 0.6 is 15.9 Å². The molecule has 0 aliphatic heterocycles. The molecular formula is C10H10BrN. The van der Waals surface area contributed by atoms with Crippen LogP contribution in [0.2, 0.25) is 0 Å². The van der Waals surface area contributed by atoms with Gasteiger partial charge < -0.3 is 5.73 Å². The molecule has 12 heavy (non-hydrogen) atoms. The van der Waals surface area contributed by atoms with Gasteiger partial charge in [-0.3, -0.25) is 0 Å². The van der Waals surface area contributed by atoms with Crippen LogP contribution in [0.5, 0.6) is 0 Å². The first-order chi connectivity index (χ1) is 5.63. The zero-order valence-electron chi connectivity index (χ0n) is 6.84. The second-order valence-corrected chi connectivity index (χ2v) is 3.62. The Bertz CT molecular complexity index is 305. The third kappa shape index (κ3) is 2.10. The number of terminal acetylenes is 1. The molecule has 0 aliphatic carbocycles. The van der Waals surface area contributed by atoms with Crippen molar-refractivity contribution >= 4 is 15.9 Å². The fraction of sp³-hybridized carbons (Fsp3) is 0.200.